The highest BCUT2D eigenvalue weighted by molar-refractivity contribution is 7.99. The topological polar surface area (TPSA) is 26.0 Å². The molecule has 3 heteroatoms. The van der Waals surface area contributed by atoms with Gasteiger partial charge in [-0.1, -0.05) is 12.1 Å². The summed E-state index contributed by atoms with van der Waals surface area (Å²) in [6, 6.07) is 6.32. The molecule has 0 amide bonds. The third-order valence-corrected chi connectivity index (χ3v) is 3.81. The van der Waals surface area contributed by atoms with Crippen molar-refractivity contribution in [3.63, 3.8) is 0 Å². The van der Waals surface area contributed by atoms with Gasteiger partial charge < -0.3 is 5.73 Å². The van der Waals surface area contributed by atoms with Gasteiger partial charge in [0.05, 0.1) is 0 Å². The van der Waals surface area contributed by atoms with Crippen LogP contribution in [0.1, 0.15) is 25.5 Å². The Hall–Kier alpha value is -0.540. The van der Waals surface area contributed by atoms with Gasteiger partial charge in [0.15, 0.2) is 0 Å². The van der Waals surface area contributed by atoms with E-state index in [2.05, 4.69) is 13.8 Å². The second kappa shape index (κ2) is 4.32. The molecule has 1 nitrogen and oxygen atoms in total. The van der Waals surface area contributed by atoms with Crippen molar-refractivity contribution < 1.29 is 4.39 Å². The van der Waals surface area contributed by atoms with E-state index in [0.717, 1.165) is 5.56 Å². The van der Waals surface area contributed by atoms with Crippen molar-refractivity contribution in [2.45, 2.75) is 24.6 Å². The van der Waals surface area contributed by atoms with Gasteiger partial charge in [-0.2, -0.15) is 11.8 Å². The fourth-order valence-electron chi connectivity index (χ4n) is 1.20. The van der Waals surface area contributed by atoms with Crippen LogP contribution in [0.25, 0.3) is 0 Å². The number of rotatable bonds is 3. The Kier molecular flexibility index (Phi) is 3.56. The molecule has 1 aromatic rings. The predicted octanol–water partition coefficient (Wildman–Crippen LogP) is 2.97. The first-order chi connectivity index (χ1) is 6.47. The summed E-state index contributed by atoms with van der Waals surface area (Å²) in [6.07, 6.45) is 2.03. The van der Waals surface area contributed by atoms with E-state index in [9.17, 15) is 4.39 Å². The Morgan fingerprint density at radius 1 is 1.29 bits per heavy atom. The maximum absolute atomic E-state index is 12.7. The van der Waals surface area contributed by atoms with Crippen LogP contribution in [0.15, 0.2) is 24.3 Å². The van der Waals surface area contributed by atoms with Crippen LogP contribution in [0.3, 0.4) is 0 Å². The molecule has 1 rings (SSSR count). The zero-order valence-electron chi connectivity index (χ0n) is 8.75. The molecule has 0 aliphatic heterocycles. The summed E-state index contributed by atoms with van der Waals surface area (Å²) in [5.74, 6) is -0.220. The van der Waals surface area contributed by atoms with Crippen molar-refractivity contribution in [1.82, 2.24) is 0 Å². The van der Waals surface area contributed by atoms with E-state index in [1.54, 1.807) is 23.9 Å². The highest BCUT2D eigenvalue weighted by atomic mass is 32.2. The van der Waals surface area contributed by atoms with Crippen molar-refractivity contribution in [2.24, 2.45) is 5.73 Å². The monoisotopic (exact) mass is 213 g/mol. The minimum atomic E-state index is -0.220. The molecule has 1 atom stereocenters. The van der Waals surface area contributed by atoms with Crippen molar-refractivity contribution in [3.05, 3.63) is 35.6 Å². The quantitative estimate of drug-likeness (QED) is 0.835. The molecule has 0 heterocycles. The van der Waals surface area contributed by atoms with Crippen molar-refractivity contribution in [3.8, 4) is 0 Å². The predicted molar refractivity (Wildman–Crippen MR) is 60.9 cm³/mol. The van der Waals surface area contributed by atoms with Gasteiger partial charge in [0.2, 0.25) is 0 Å². The molecule has 0 fully saturated rings. The lowest BCUT2D eigenvalue weighted by atomic mass is 9.96. The highest BCUT2D eigenvalue weighted by Gasteiger charge is 2.26. The molecule has 78 valence electrons. The molecule has 0 bridgehead atoms. The average Bonchev–Trinajstić information content (AvgIpc) is 2.18. The summed E-state index contributed by atoms with van der Waals surface area (Å²) in [5, 5.41) is 0. The summed E-state index contributed by atoms with van der Waals surface area (Å²) in [4.78, 5) is 0. The van der Waals surface area contributed by atoms with E-state index >= 15 is 0 Å². The summed E-state index contributed by atoms with van der Waals surface area (Å²) in [5.41, 5.74) is 7.07. The van der Waals surface area contributed by atoms with E-state index in [1.165, 1.54) is 12.1 Å². The van der Waals surface area contributed by atoms with Crippen molar-refractivity contribution in [2.75, 3.05) is 6.26 Å². The molecule has 0 saturated heterocycles. The van der Waals surface area contributed by atoms with Gasteiger partial charge in [0.25, 0.3) is 0 Å². The van der Waals surface area contributed by atoms with Crippen LogP contribution in [0.5, 0.6) is 0 Å². The Morgan fingerprint density at radius 3 is 2.21 bits per heavy atom. The number of nitrogens with two attached hydrogens (primary N) is 1. The van der Waals surface area contributed by atoms with Crippen LogP contribution in [-0.4, -0.2) is 11.0 Å². The smallest absolute Gasteiger partial charge is 0.123 e. The molecule has 1 unspecified atom stereocenters. The molecule has 0 aliphatic rings. The molecular formula is C11H16FNS. The van der Waals surface area contributed by atoms with Gasteiger partial charge in [0, 0.05) is 10.8 Å². The molecule has 0 spiro atoms. The van der Waals surface area contributed by atoms with Crippen molar-refractivity contribution >= 4 is 11.8 Å². The molecule has 1 aromatic carbocycles. The normalized spacial score (nSPS) is 14.1. The summed E-state index contributed by atoms with van der Waals surface area (Å²) >= 11 is 1.72. The minimum absolute atomic E-state index is 0.0299. The molecule has 0 aromatic heterocycles. The Labute approximate surface area is 88.9 Å². The van der Waals surface area contributed by atoms with E-state index in [-0.39, 0.29) is 16.6 Å². The Balaban J connectivity index is 2.89. The van der Waals surface area contributed by atoms with Crippen LogP contribution in [0.4, 0.5) is 4.39 Å². The summed E-state index contributed by atoms with van der Waals surface area (Å²) in [7, 11) is 0. The Bertz CT molecular complexity index is 295. The molecular weight excluding hydrogens is 197 g/mol. The van der Waals surface area contributed by atoms with Gasteiger partial charge in [-0.25, -0.2) is 4.39 Å². The average molecular weight is 213 g/mol. The van der Waals surface area contributed by atoms with Gasteiger partial charge in [-0.15, -0.1) is 0 Å². The largest absolute Gasteiger partial charge is 0.323 e. The summed E-state index contributed by atoms with van der Waals surface area (Å²) < 4.78 is 12.7. The Morgan fingerprint density at radius 2 is 1.79 bits per heavy atom. The SMILES string of the molecule is CSC(C)(C)C(N)c1ccc(F)cc1. The van der Waals surface area contributed by atoms with Crippen LogP contribution < -0.4 is 5.73 Å². The maximum atomic E-state index is 12.7. The fraction of sp³-hybridized carbons (Fsp3) is 0.455. The van der Waals surface area contributed by atoms with E-state index in [1.807, 2.05) is 6.26 Å². The first-order valence-corrected chi connectivity index (χ1v) is 5.76. The third-order valence-electron chi connectivity index (χ3n) is 2.50. The van der Waals surface area contributed by atoms with E-state index in [4.69, 9.17) is 5.73 Å². The van der Waals surface area contributed by atoms with Crippen LogP contribution in [-0.2, 0) is 0 Å². The number of thioether (sulfide) groups is 1. The zero-order chi connectivity index (χ0) is 10.8. The standard InChI is InChI=1S/C11H16FNS/c1-11(2,14-3)10(13)8-4-6-9(12)7-5-8/h4-7,10H,13H2,1-3H3. The minimum Gasteiger partial charge on any atom is -0.323 e. The van der Waals surface area contributed by atoms with E-state index < -0.39 is 0 Å². The molecule has 14 heavy (non-hydrogen) atoms. The van der Waals surface area contributed by atoms with Crippen molar-refractivity contribution in [1.29, 1.82) is 0 Å². The van der Waals surface area contributed by atoms with Gasteiger partial charge in [-0.3, -0.25) is 0 Å². The molecule has 0 radical (unpaired) electrons. The lowest BCUT2D eigenvalue weighted by molar-refractivity contribution is 0.561. The number of halogens is 1. The van der Waals surface area contributed by atoms with E-state index in [0.29, 0.717) is 0 Å². The fourth-order valence-corrected chi connectivity index (χ4v) is 1.59. The first-order valence-electron chi connectivity index (χ1n) is 4.53. The van der Waals surface area contributed by atoms with Gasteiger partial charge >= 0.3 is 0 Å². The second-order valence-electron chi connectivity index (χ2n) is 3.84. The molecule has 0 saturated carbocycles. The number of hydrogen-bond acceptors (Lipinski definition) is 2. The van der Waals surface area contributed by atoms with Gasteiger partial charge in [-0.05, 0) is 37.8 Å². The summed E-state index contributed by atoms with van der Waals surface area (Å²) in [6.45, 7) is 4.18. The highest BCUT2D eigenvalue weighted by Crippen LogP contribution is 2.33. The molecule has 0 aliphatic carbocycles. The van der Waals surface area contributed by atoms with Gasteiger partial charge in [0.1, 0.15) is 5.82 Å². The lowest BCUT2D eigenvalue weighted by Gasteiger charge is -2.29. The maximum Gasteiger partial charge on any atom is 0.123 e. The first kappa shape index (κ1) is 11.5. The van der Waals surface area contributed by atoms with Crippen LogP contribution in [0.2, 0.25) is 0 Å². The number of hydrogen-bond donors (Lipinski definition) is 1. The number of benzene rings is 1. The lowest BCUT2D eigenvalue weighted by Crippen LogP contribution is -2.32. The molecule has 2 N–H and O–H groups in total. The van der Waals surface area contributed by atoms with Crippen LogP contribution >= 0.6 is 11.8 Å². The zero-order valence-corrected chi connectivity index (χ0v) is 9.57. The third kappa shape index (κ3) is 2.49. The second-order valence-corrected chi connectivity index (χ2v) is 5.30. The van der Waals surface area contributed by atoms with Crippen LogP contribution in [0, 0.1) is 5.82 Å².